The third kappa shape index (κ3) is 5.97. The number of fused-ring (bicyclic) bond motifs is 1. The first-order chi connectivity index (χ1) is 23.6. The Morgan fingerprint density at radius 3 is 1.10 bits per heavy atom. The fraction of sp³-hybridized carbons (Fsp3) is 0. The summed E-state index contributed by atoms with van der Waals surface area (Å²) in [7, 11) is 0. The molecule has 0 unspecified atom stereocenters. The average molecular weight is 624 g/mol. The van der Waals surface area contributed by atoms with Crippen LogP contribution in [0.25, 0.3) is 78.3 Å². The van der Waals surface area contributed by atoms with Gasteiger partial charge in [-0.2, -0.15) is 0 Å². The minimum atomic E-state index is -0.343. The SMILES string of the molecule is Fc1ccc(-c2nc(-c3ccc(F)cc3)nc(-c3ccc(-c4cccc(-c5cccc(-c6ccc7ccccc7c6)c5)c4)cc3)n2)cc1. The van der Waals surface area contributed by atoms with Gasteiger partial charge in [0.25, 0.3) is 0 Å². The quantitative estimate of drug-likeness (QED) is 0.185. The van der Waals surface area contributed by atoms with Gasteiger partial charge >= 0.3 is 0 Å². The first kappa shape index (κ1) is 29.1. The number of nitrogens with zero attached hydrogens (tertiary/aromatic N) is 3. The van der Waals surface area contributed by atoms with E-state index in [0.717, 1.165) is 27.8 Å². The van der Waals surface area contributed by atoms with Crippen molar-refractivity contribution in [3.63, 3.8) is 0 Å². The normalized spacial score (nSPS) is 11.1. The standard InChI is InChI=1S/C43H27F2N3/c44-39-21-17-31(18-22-39)42-46-41(47-43(48-42)32-19-23-40(45)24-20-32)30-14-11-29(12-15-30)34-7-3-8-35(25-34)36-9-4-10-37(27-36)38-16-13-28-5-1-2-6-33(28)26-38/h1-27H. The second-order valence-electron chi connectivity index (χ2n) is 11.6. The highest BCUT2D eigenvalue weighted by Crippen LogP contribution is 2.32. The molecule has 0 fully saturated rings. The topological polar surface area (TPSA) is 38.7 Å². The molecule has 0 spiro atoms. The zero-order valence-electron chi connectivity index (χ0n) is 25.7. The average Bonchev–Trinajstić information content (AvgIpc) is 3.15. The van der Waals surface area contributed by atoms with Gasteiger partial charge in [0.15, 0.2) is 17.5 Å². The Morgan fingerprint density at radius 2 is 0.625 bits per heavy atom. The fourth-order valence-corrected chi connectivity index (χ4v) is 5.90. The summed E-state index contributed by atoms with van der Waals surface area (Å²) in [6.45, 7) is 0. The highest BCUT2D eigenvalue weighted by molar-refractivity contribution is 5.88. The van der Waals surface area contributed by atoms with E-state index in [-0.39, 0.29) is 11.6 Å². The molecular formula is C43H27F2N3. The van der Waals surface area contributed by atoms with Crippen LogP contribution in [-0.4, -0.2) is 15.0 Å². The molecule has 8 aromatic rings. The van der Waals surface area contributed by atoms with Crippen LogP contribution in [0.3, 0.4) is 0 Å². The smallest absolute Gasteiger partial charge is 0.164 e. The van der Waals surface area contributed by atoms with Crippen LogP contribution < -0.4 is 0 Å². The van der Waals surface area contributed by atoms with Crippen LogP contribution in [0.2, 0.25) is 0 Å². The lowest BCUT2D eigenvalue weighted by molar-refractivity contribution is 0.627. The fourth-order valence-electron chi connectivity index (χ4n) is 5.90. The Hall–Kier alpha value is -6.33. The van der Waals surface area contributed by atoms with Gasteiger partial charge in [0, 0.05) is 16.7 Å². The first-order valence-corrected chi connectivity index (χ1v) is 15.6. The van der Waals surface area contributed by atoms with E-state index in [4.69, 9.17) is 9.97 Å². The Bertz CT molecular complexity index is 2340. The van der Waals surface area contributed by atoms with Gasteiger partial charge < -0.3 is 0 Å². The molecule has 228 valence electrons. The minimum Gasteiger partial charge on any atom is -0.208 e. The van der Waals surface area contributed by atoms with E-state index in [2.05, 4.69) is 108 Å². The zero-order valence-corrected chi connectivity index (χ0v) is 25.7. The summed E-state index contributed by atoms with van der Waals surface area (Å²) in [4.78, 5) is 14.1. The van der Waals surface area contributed by atoms with E-state index in [1.807, 2.05) is 12.1 Å². The van der Waals surface area contributed by atoms with Crippen molar-refractivity contribution < 1.29 is 8.78 Å². The highest BCUT2D eigenvalue weighted by atomic mass is 19.1. The molecule has 3 nitrogen and oxygen atoms in total. The van der Waals surface area contributed by atoms with Crippen LogP contribution in [-0.2, 0) is 0 Å². The predicted octanol–water partition coefficient (Wildman–Crippen LogP) is 11.3. The highest BCUT2D eigenvalue weighted by Gasteiger charge is 2.13. The molecule has 0 saturated heterocycles. The van der Waals surface area contributed by atoms with Gasteiger partial charge in [0.1, 0.15) is 11.6 Å². The monoisotopic (exact) mass is 623 g/mol. The van der Waals surface area contributed by atoms with Crippen molar-refractivity contribution in [2.24, 2.45) is 0 Å². The van der Waals surface area contributed by atoms with Gasteiger partial charge in [-0.15, -0.1) is 0 Å². The molecule has 0 N–H and O–H groups in total. The van der Waals surface area contributed by atoms with Gasteiger partial charge in [0.2, 0.25) is 0 Å². The molecule has 1 heterocycles. The maximum absolute atomic E-state index is 13.7. The van der Waals surface area contributed by atoms with E-state index in [9.17, 15) is 8.78 Å². The van der Waals surface area contributed by atoms with Crippen LogP contribution in [0.4, 0.5) is 8.78 Å². The van der Waals surface area contributed by atoms with Crippen LogP contribution in [0.15, 0.2) is 164 Å². The Kier molecular flexibility index (Phi) is 7.55. The number of aromatic nitrogens is 3. The second-order valence-corrected chi connectivity index (χ2v) is 11.6. The second kappa shape index (κ2) is 12.5. The largest absolute Gasteiger partial charge is 0.208 e. The molecular weight excluding hydrogens is 596 g/mol. The van der Waals surface area contributed by atoms with Crippen molar-refractivity contribution in [2.45, 2.75) is 0 Å². The molecule has 1 aromatic heterocycles. The molecule has 0 saturated carbocycles. The van der Waals surface area contributed by atoms with Gasteiger partial charge in [-0.1, -0.05) is 97.1 Å². The van der Waals surface area contributed by atoms with Gasteiger partial charge in [0.05, 0.1) is 0 Å². The van der Waals surface area contributed by atoms with Crippen molar-refractivity contribution in [1.29, 1.82) is 0 Å². The molecule has 0 aliphatic rings. The molecule has 0 aliphatic carbocycles. The molecule has 0 radical (unpaired) electrons. The molecule has 0 aliphatic heterocycles. The number of hydrogen-bond acceptors (Lipinski definition) is 3. The van der Waals surface area contributed by atoms with Crippen LogP contribution in [0, 0.1) is 11.6 Å². The lowest BCUT2D eigenvalue weighted by atomic mass is 9.95. The maximum Gasteiger partial charge on any atom is 0.164 e. The van der Waals surface area contributed by atoms with Crippen molar-refractivity contribution in [1.82, 2.24) is 15.0 Å². The molecule has 48 heavy (non-hydrogen) atoms. The minimum absolute atomic E-state index is 0.343. The van der Waals surface area contributed by atoms with E-state index in [0.29, 0.717) is 28.6 Å². The molecule has 0 amide bonds. The van der Waals surface area contributed by atoms with E-state index in [1.54, 1.807) is 24.3 Å². The summed E-state index contributed by atoms with van der Waals surface area (Å²) >= 11 is 0. The van der Waals surface area contributed by atoms with Crippen molar-refractivity contribution in [3.05, 3.63) is 175 Å². The summed E-state index contributed by atoms with van der Waals surface area (Å²) in [6.07, 6.45) is 0. The van der Waals surface area contributed by atoms with E-state index >= 15 is 0 Å². The third-order valence-corrected chi connectivity index (χ3v) is 8.46. The predicted molar refractivity (Wildman–Crippen MR) is 190 cm³/mol. The summed E-state index contributed by atoms with van der Waals surface area (Å²) < 4.78 is 27.3. The van der Waals surface area contributed by atoms with E-state index < -0.39 is 0 Å². The Balaban J connectivity index is 1.11. The Morgan fingerprint density at radius 1 is 0.271 bits per heavy atom. The maximum atomic E-state index is 13.7. The summed E-state index contributed by atoms with van der Waals surface area (Å²) in [6, 6.07) is 52.3. The molecule has 0 bridgehead atoms. The first-order valence-electron chi connectivity index (χ1n) is 15.6. The number of halogens is 2. The summed E-state index contributed by atoms with van der Waals surface area (Å²) in [5.74, 6) is 0.589. The summed E-state index contributed by atoms with van der Waals surface area (Å²) in [5.41, 5.74) is 8.88. The van der Waals surface area contributed by atoms with Gasteiger partial charge in [-0.05, 0) is 111 Å². The van der Waals surface area contributed by atoms with E-state index in [1.165, 1.54) is 46.2 Å². The lowest BCUT2D eigenvalue weighted by Gasteiger charge is -2.10. The molecule has 0 atom stereocenters. The molecule has 5 heteroatoms. The number of hydrogen-bond donors (Lipinski definition) is 0. The Labute approximate surface area is 276 Å². The molecule has 7 aromatic carbocycles. The van der Waals surface area contributed by atoms with Crippen molar-refractivity contribution in [3.8, 4) is 67.5 Å². The van der Waals surface area contributed by atoms with Crippen LogP contribution in [0.5, 0.6) is 0 Å². The third-order valence-electron chi connectivity index (χ3n) is 8.46. The van der Waals surface area contributed by atoms with Crippen LogP contribution >= 0.6 is 0 Å². The molecule has 8 rings (SSSR count). The van der Waals surface area contributed by atoms with Crippen molar-refractivity contribution in [2.75, 3.05) is 0 Å². The lowest BCUT2D eigenvalue weighted by Crippen LogP contribution is -2.00. The summed E-state index contributed by atoms with van der Waals surface area (Å²) in [5, 5.41) is 2.45. The number of rotatable bonds is 6. The number of benzene rings is 7. The van der Waals surface area contributed by atoms with Gasteiger partial charge in [-0.25, -0.2) is 23.7 Å². The van der Waals surface area contributed by atoms with Crippen molar-refractivity contribution >= 4 is 10.8 Å². The van der Waals surface area contributed by atoms with Gasteiger partial charge in [-0.3, -0.25) is 0 Å². The van der Waals surface area contributed by atoms with Crippen LogP contribution in [0.1, 0.15) is 0 Å². The zero-order chi connectivity index (χ0) is 32.5.